The van der Waals surface area contributed by atoms with Crippen molar-refractivity contribution in [2.45, 2.75) is 58.5 Å². The topological polar surface area (TPSA) is 170 Å². The van der Waals surface area contributed by atoms with Gasteiger partial charge in [-0.3, -0.25) is 28.8 Å². The van der Waals surface area contributed by atoms with Crippen LogP contribution in [0.3, 0.4) is 0 Å². The van der Waals surface area contributed by atoms with E-state index in [2.05, 4.69) is 10.6 Å². The van der Waals surface area contributed by atoms with Gasteiger partial charge in [0.1, 0.15) is 12.1 Å². The molecular formula is C23H37N5O8. The molecule has 1 aliphatic heterocycles. The highest BCUT2D eigenvalue weighted by Crippen LogP contribution is 2.13. The fourth-order valence-corrected chi connectivity index (χ4v) is 3.68. The van der Waals surface area contributed by atoms with E-state index in [0.717, 1.165) is 0 Å². The molecule has 0 aromatic carbocycles. The minimum absolute atomic E-state index is 0.0665. The predicted octanol–water partition coefficient (Wildman–Crippen LogP) is -1.43. The fraction of sp³-hybridized carbons (Fsp3) is 0.696. The van der Waals surface area contributed by atoms with Gasteiger partial charge in [0.15, 0.2) is 5.78 Å². The maximum Gasteiger partial charge on any atom is 0.373 e. The summed E-state index contributed by atoms with van der Waals surface area (Å²) in [5.41, 5.74) is 0. The van der Waals surface area contributed by atoms with Gasteiger partial charge in [0.05, 0.1) is 19.6 Å². The molecule has 0 aromatic heterocycles. The summed E-state index contributed by atoms with van der Waals surface area (Å²) in [4.78, 5) is 95.7. The molecule has 5 amide bonds. The summed E-state index contributed by atoms with van der Waals surface area (Å²) in [6.07, 6.45) is 1.17. The highest BCUT2D eigenvalue weighted by atomic mass is 16.2. The molecule has 0 radical (unpaired) electrons. The molecule has 1 rings (SSSR count). The Bertz CT molecular complexity index is 756. The molecule has 13 heteroatoms. The van der Waals surface area contributed by atoms with Crippen molar-refractivity contribution < 1.29 is 38.4 Å². The molecule has 0 unspecified atom stereocenters. The number of carbonyl (C=O) groups is 6. The minimum atomic E-state index is -0.865. The van der Waals surface area contributed by atoms with Crippen molar-refractivity contribution in [3.05, 3.63) is 0 Å². The molecule has 3 atom stereocenters. The molecule has 1 heterocycles. The standard InChI is InChI=1S/C22H37N5O6.CO2/c1-7-14-10-15(28)11-25(4)21(32)16(8-2)23-19(30)13-27(6)22(33)17(9-3)24-18(29)12-26(5)20(14)31;2-1-3/h14,16-17H,7-13H2,1-6H3,(H,23,30)(H,24,29);/t14-,16+,17+;/m1./s1. The Hall–Kier alpha value is -3.60. The monoisotopic (exact) mass is 511 g/mol. The average molecular weight is 512 g/mol. The van der Waals surface area contributed by atoms with Crippen molar-refractivity contribution in [1.82, 2.24) is 25.3 Å². The Morgan fingerprint density at radius 3 is 1.39 bits per heavy atom. The molecular weight excluding hydrogens is 474 g/mol. The van der Waals surface area contributed by atoms with Gasteiger partial charge >= 0.3 is 6.15 Å². The lowest BCUT2D eigenvalue weighted by molar-refractivity contribution is -0.191. The van der Waals surface area contributed by atoms with Crippen molar-refractivity contribution in [3.63, 3.8) is 0 Å². The summed E-state index contributed by atoms with van der Waals surface area (Å²) in [6, 6.07) is -1.72. The van der Waals surface area contributed by atoms with Gasteiger partial charge in [-0.1, -0.05) is 20.8 Å². The summed E-state index contributed by atoms with van der Waals surface area (Å²) in [5, 5.41) is 5.22. The third-order valence-electron chi connectivity index (χ3n) is 5.70. The molecule has 36 heavy (non-hydrogen) atoms. The molecule has 202 valence electrons. The first-order valence-corrected chi connectivity index (χ1v) is 11.7. The van der Waals surface area contributed by atoms with Gasteiger partial charge in [-0.05, 0) is 19.3 Å². The van der Waals surface area contributed by atoms with Crippen molar-refractivity contribution in [2.24, 2.45) is 5.92 Å². The van der Waals surface area contributed by atoms with Crippen LogP contribution in [0.5, 0.6) is 0 Å². The molecule has 0 aromatic rings. The van der Waals surface area contributed by atoms with E-state index in [1.165, 1.54) is 35.8 Å². The first-order valence-electron chi connectivity index (χ1n) is 11.7. The molecule has 0 aliphatic carbocycles. The molecule has 13 nitrogen and oxygen atoms in total. The van der Waals surface area contributed by atoms with E-state index in [9.17, 15) is 28.8 Å². The molecule has 0 saturated carbocycles. The van der Waals surface area contributed by atoms with Crippen LogP contribution in [-0.2, 0) is 38.4 Å². The van der Waals surface area contributed by atoms with Crippen LogP contribution in [0, 0.1) is 5.92 Å². The van der Waals surface area contributed by atoms with Crippen LogP contribution in [0.2, 0.25) is 0 Å². The Morgan fingerprint density at radius 2 is 1.03 bits per heavy atom. The Morgan fingerprint density at radius 1 is 0.667 bits per heavy atom. The number of nitrogens with zero attached hydrogens (tertiary/aromatic N) is 3. The number of hydrogen-bond acceptors (Lipinski definition) is 8. The maximum atomic E-state index is 12.8. The molecule has 2 N–H and O–H groups in total. The van der Waals surface area contributed by atoms with E-state index in [4.69, 9.17) is 9.59 Å². The zero-order chi connectivity index (χ0) is 28.0. The summed E-state index contributed by atoms with van der Waals surface area (Å²) in [6.45, 7) is 4.45. The normalized spacial score (nSPS) is 23.6. The lowest BCUT2D eigenvalue weighted by Crippen LogP contribution is -2.54. The summed E-state index contributed by atoms with van der Waals surface area (Å²) < 4.78 is 0. The highest BCUT2D eigenvalue weighted by molar-refractivity contribution is 5.95. The number of rotatable bonds is 3. The van der Waals surface area contributed by atoms with E-state index in [-0.39, 0.29) is 43.9 Å². The van der Waals surface area contributed by atoms with E-state index in [1.54, 1.807) is 20.8 Å². The van der Waals surface area contributed by atoms with Gasteiger partial charge in [-0.15, -0.1) is 0 Å². The second-order valence-corrected chi connectivity index (χ2v) is 8.57. The van der Waals surface area contributed by atoms with Crippen LogP contribution < -0.4 is 10.6 Å². The van der Waals surface area contributed by atoms with Crippen molar-refractivity contribution >= 4 is 41.5 Å². The van der Waals surface area contributed by atoms with Crippen LogP contribution in [0.25, 0.3) is 0 Å². The number of carbonyl (C=O) groups excluding carboxylic acids is 8. The Labute approximate surface area is 210 Å². The number of nitrogens with one attached hydrogen (secondary N) is 2. The zero-order valence-electron chi connectivity index (χ0n) is 21.8. The number of amides is 5. The van der Waals surface area contributed by atoms with Crippen LogP contribution in [-0.4, -0.2) is 109 Å². The zero-order valence-corrected chi connectivity index (χ0v) is 21.8. The number of Topliss-reactive ketones (excluding diaryl/α,β-unsaturated/α-hetero) is 1. The van der Waals surface area contributed by atoms with Crippen molar-refractivity contribution in [1.29, 1.82) is 0 Å². The van der Waals surface area contributed by atoms with Crippen LogP contribution in [0.4, 0.5) is 0 Å². The quantitative estimate of drug-likeness (QED) is 0.464. The van der Waals surface area contributed by atoms with Gasteiger partial charge < -0.3 is 25.3 Å². The Balaban J connectivity index is 0.00000387. The SMILES string of the molecule is CC[C@@H]1CC(=O)CN(C)C(=O)[C@H](CC)NC(=O)CN(C)C(=O)[C@H](CC)NC(=O)CN(C)C1=O.O=C=O. The van der Waals surface area contributed by atoms with Crippen LogP contribution in [0.1, 0.15) is 46.5 Å². The van der Waals surface area contributed by atoms with Gasteiger partial charge in [0.2, 0.25) is 29.5 Å². The summed E-state index contributed by atoms with van der Waals surface area (Å²) >= 11 is 0. The van der Waals surface area contributed by atoms with Gasteiger partial charge in [-0.2, -0.15) is 9.59 Å². The second-order valence-electron chi connectivity index (χ2n) is 8.57. The van der Waals surface area contributed by atoms with Crippen molar-refractivity contribution in [2.75, 3.05) is 40.8 Å². The number of hydrogen-bond donors (Lipinski definition) is 2. The van der Waals surface area contributed by atoms with Crippen LogP contribution >= 0.6 is 0 Å². The second kappa shape index (κ2) is 16.1. The molecule has 1 fully saturated rings. The van der Waals surface area contributed by atoms with Gasteiger partial charge in [-0.25, -0.2) is 0 Å². The fourth-order valence-electron chi connectivity index (χ4n) is 3.68. The van der Waals surface area contributed by atoms with E-state index >= 15 is 0 Å². The number of likely N-dealkylation sites (N-methyl/N-ethyl adjacent to an activating group) is 3. The lowest BCUT2D eigenvalue weighted by atomic mass is 9.97. The Kier molecular flexibility index (Phi) is 14.5. The number of ketones is 1. The van der Waals surface area contributed by atoms with Crippen molar-refractivity contribution in [3.8, 4) is 0 Å². The molecule has 1 saturated heterocycles. The first-order chi connectivity index (χ1) is 16.9. The molecule has 1 aliphatic rings. The summed E-state index contributed by atoms with van der Waals surface area (Å²) in [7, 11) is 4.37. The van der Waals surface area contributed by atoms with Gasteiger partial charge in [0, 0.05) is 33.5 Å². The predicted molar refractivity (Wildman–Crippen MR) is 126 cm³/mol. The maximum absolute atomic E-state index is 12.8. The van der Waals surface area contributed by atoms with Gasteiger partial charge in [0.25, 0.3) is 0 Å². The smallest absolute Gasteiger partial charge is 0.343 e. The summed E-state index contributed by atoms with van der Waals surface area (Å²) in [5.74, 6) is -3.19. The molecule has 0 bridgehead atoms. The first kappa shape index (κ1) is 32.4. The van der Waals surface area contributed by atoms with Crippen LogP contribution in [0.15, 0.2) is 0 Å². The third-order valence-corrected chi connectivity index (χ3v) is 5.70. The molecule has 0 spiro atoms. The van der Waals surface area contributed by atoms with E-state index < -0.39 is 41.6 Å². The highest BCUT2D eigenvalue weighted by Gasteiger charge is 2.30. The third kappa shape index (κ3) is 10.3. The average Bonchev–Trinajstić information content (AvgIpc) is 2.82. The van der Waals surface area contributed by atoms with E-state index in [0.29, 0.717) is 19.3 Å². The minimum Gasteiger partial charge on any atom is -0.343 e. The van der Waals surface area contributed by atoms with E-state index in [1.807, 2.05) is 0 Å². The lowest BCUT2D eigenvalue weighted by Gasteiger charge is -2.28. The largest absolute Gasteiger partial charge is 0.373 e.